The molecule has 1 aromatic heterocycles. The van der Waals surface area contributed by atoms with Crippen LogP contribution in [0.4, 0.5) is 5.82 Å². The van der Waals surface area contributed by atoms with Crippen molar-refractivity contribution >= 4 is 11.7 Å². The molecule has 1 N–H and O–H groups in total. The van der Waals surface area contributed by atoms with Gasteiger partial charge in [-0.05, 0) is 13.0 Å². The van der Waals surface area contributed by atoms with Crippen molar-refractivity contribution in [1.82, 2.24) is 9.78 Å². The molecule has 0 aromatic carbocycles. The number of carbonyl (C=O) groups is 1. The maximum atomic E-state index is 11.0. The fourth-order valence-corrected chi connectivity index (χ4v) is 0.816. The van der Waals surface area contributed by atoms with Crippen molar-refractivity contribution in [3.8, 4) is 0 Å². The molecule has 0 aliphatic heterocycles. The molecular weight excluding hydrogens is 154 g/mol. The van der Waals surface area contributed by atoms with E-state index in [0.29, 0.717) is 5.82 Å². The second-order valence-corrected chi connectivity index (χ2v) is 2.33. The Balaban J connectivity index is 2.64. The van der Waals surface area contributed by atoms with Crippen molar-refractivity contribution in [2.24, 2.45) is 7.05 Å². The molecule has 0 atom stereocenters. The van der Waals surface area contributed by atoms with Crippen LogP contribution in [-0.4, -0.2) is 15.7 Å². The topological polar surface area (TPSA) is 46.9 Å². The lowest BCUT2D eigenvalue weighted by molar-refractivity contribution is -0.111. The van der Waals surface area contributed by atoms with Gasteiger partial charge in [0.15, 0.2) is 0 Å². The summed E-state index contributed by atoms with van der Waals surface area (Å²) in [6, 6.07) is 1.74. The lowest BCUT2D eigenvalue weighted by atomic mass is 10.5. The summed E-state index contributed by atoms with van der Waals surface area (Å²) in [5.74, 6) is 0.555. The van der Waals surface area contributed by atoms with Crippen molar-refractivity contribution in [1.29, 1.82) is 0 Å². The Bertz CT molecular complexity index is 301. The molecule has 64 valence electrons. The molecule has 0 aliphatic carbocycles. The molecule has 1 aromatic rings. The van der Waals surface area contributed by atoms with Crippen molar-refractivity contribution in [3.05, 3.63) is 24.4 Å². The van der Waals surface area contributed by atoms with Gasteiger partial charge in [-0.1, -0.05) is 6.08 Å². The van der Waals surface area contributed by atoms with E-state index < -0.39 is 0 Å². The molecule has 12 heavy (non-hydrogen) atoms. The van der Waals surface area contributed by atoms with E-state index in [1.165, 1.54) is 6.08 Å². The van der Waals surface area contributed by atoms with Crippen LogP contribution in [0.2, 0.25) is 0 Å². The zero-order valence-corrected chi connectivity index (χ0v) is 7.11. The quantitative estimate of drug-likeness (QED) is 0.663. The largest absolute Gasteiger partial charge is 0.307 e. The number of aryl methyl sites for hydroxylation is 1. The molecule has 1 amide bonds. The average molecular weight is 165 g/mol. The van der Waals surface area contributed by atoms with Gasteiger partial charge in [-0.3, -0.25) is 9.48 Å². The van der Waals surface area contributed by atoms with Crippen LogP contribution in [0, 0.1) is 0 Å². The predicted octanol–water partition coefficient (Wildman–Crippen LogP) is 0.935. The summed E-state index contributed by atoms with van der Waals surface area (Å²) in [5, 5.41) is 6.57. The number of hydrogen-bond donors (Lipinski definition) is 1. The van der Waals surface area contributed by atoms with E-state index in [2.05, 4.69) is 10.4 Å². The van der Waals surface area contributed by atoms with Gasteiger partial charge < -0.3 is 5.32 Å². The van der Waals surface area contributed by atoms with Crippen LogP contribution in [0.5, 0.6) is 0 Å². The summed E-state index contributed by atoms with van der Waals surface area (Å²) < 4.78 is 1.60. The number of rotatable bonds is 2. The van der Waals surface area contributed by atoms with E-state index in [4.69, 9.17) is 0 Å². The second-order valence-electron chi connectivity index (χ2n) is 2.33. The number of allylic oxidation sites excluding steroid dienone is 1. The average Bonchev–Trinajstić information content (AvgIpc) is 2.37. The number of nitrogens with zero attached hydrogens (tertiary/aromatic N) is 2. The highest BCUT2D eigenvalue weighted by atomic mass is 16.1. The van der Waals surface area contributed by atoms with Crippen LogP contribution < -0.4 is 5.32 Å². The first-order chi connectivity index (χ1) is 5.74. The second kappa shape index (κ2) is 3.71. The highest BCUT2D eigenvalue weighted by Crippen LogP contribution is 2.02. The van der Waals surface area contributed by atoms with E-state index in [1.807, 2.05) is 0 Å². The van der Waals surface area contributed by atoms with Gasteiger partial charge >= 0.3 is 0 Å². The molecule has 0 spiro atoms. The minimum absolute atomic E-state index is 0.138. The van der Waals surface area contributed by atoms with Gasteiger partial charge in [-0.15, -0.1) is 0 Å². The first-order valence-electron chi connectivity index (χ1n) is 3.65. The van der Waals surface area contributed by atoms with Crippen LogP contribution in [0.25, 0.3) is 0 Å². The van der Waals surface area contributed by atoms with Crippen molar-refractivity contribution in [3.63, 3.8) is 0 Å². The van der Waals surface area contributed by atoms with Gasteiger partial charge in [0.2, 0.25) is 5.91 Å². The SMILES string of the molecule is CC=CC(=O)Nc1ccnn1C. The fourth-order valence-electron chi connectivity index (χ4n) is 0.816. The maximum absolute atomic E-state index is 11.0. The molecule has 0 bridgehead atoms. The molecular formula is C8H11N3O. The van der Waals surface area contributed by atoms with Gasteiger partial charge in [-0.2, -0.15) is 5.10 Å². The van der Waals surface area contributed by atoms with Gasteiger partial charge in [0, 0.05) is 13.1 Å². The van der Waals surface area contributed by atoms with Gasteiger partial charge in [0.05, 0.1) is 6.20 Å². The maximum Gasteiger partial charge on any atom is 0.249 e. The Morgan fingerprint density at radius 2 is 2.50 bits per heavy atom. The molecule has 0 saturated heterocycles. The highest BCUT2D eigenvalue weighted by molar-refractivity contribution is 5.98. The van der Waals surface area contributed by atoms with Crippen LogP contribution in [0.3, 0.4) is 0 Å². The van der Waals surface area contributed by atoms with Crippen LogP contribution in [-0.2, 0) is 11.8 Å². The Kier molecular flexibility index (Phi) is 2.63. The normalized spacial score (nSPS) is 10.5. The Hall–Kier alpha value is -1.58. The summed E-state index contributed by atoms with van der Waals surface area (Å²) >= 11 is 0. The molecule has 4 heteroatoms. The van der Waals surface area contributed by atoms with Gasteiger partial charge in [0.1, 0.15) is 5.82 Å². The molecule has 1 rings (SSSR count). The van der Waals surface area contributed by atoms with Crippen LogP contribution in [0.15, 0.2) is 24.4 Å². The summed E-state index contributed by atoms with van der Waals surface area (Å²) in [6.07, 6.45) is 4.78. The number of carbonyl (C=O) groups excluding carboxylic acids is 1. The minimum Gasteiger partial charge on any atom is -0.307 e. The molecule has 0 fully saturated rings. The molecule has 0 saturated carbocycles. The predicted molar refractivity (Wildman–Crippen MR) is 46.7 cm³/mol. The smallest absolute Gasteiger partial charge is 0.249 e. The molecule has 4 nitrogen and oxygen atoms in total. The van der Waals surface area contributed by atoms with Crippen molar-refractivity contribution in [2.75, 3.05) is 5.32 Å². The van der Waals surface area contributed by atoms with E-state index >= 15 is 0 Å². The molecule has 0 aliphatic rings. The zero-order chi connectivity index (χ0) is 8.97. The standard InChI is InChI=1S/C8H11N3O/c1-3-4-8(12)10-7-5-6-9-11(7)2/h3-6H,1-2H3,(H,10,12). The first kappa shape index (κ1) is 8.52. The zero-order valence-electron chi connectivity index (χ0n) is 7.11. The monoisotopic (exact) mass is 165 g/mol. The summed E-state index contributed by atoms with van der Waals surface area (Å²) in [5.41, 5.74) is 0. The first-order valence-corrected chi connectivity index (χ1v) is 3.65. The van der Waals surface area contributed by atoms with E-state index in [0.717, 1.165) is 0 Å². The summed E-state index contributed by atoms with van der Waals surface area (Å²) in [7, 11) is 1.77. The van der Waals surface area contributed by atoms with E-state index in [9.17, 15) is 4.79 Å². The van der Waals surface area contributed by atoms with Crippen LogP contribution >= 0.6 is 0 Å². The lowest BCUT2D eigenvalue weighted by Gasteiger charge is -2.00. The van der Waals surface area contributed by atoms with Crippen LogP contribution in [0.1, 0.15) is 6.92 Å². The third-order valence-electron chi connectivity index (χ3n) is 1.39. The number of aromatic nitrogens is 2. The summed E-state index contributed by atoms with van der Waals surface area (Å²) in [4.78, 5) is 11.0. The fraction of sp³-hybridized carbons (Fsp3) is 0.250. The Morgan fingerprint density at radius 1 is 1.75 bits per heavy atom. The third kappa shape index (κ3) is 1.95. The van der Waals surface area contributed by atoms with E-state index in [1.54, 1.807) is 37.0 Å². The lowest BCUT2D eigenvalue weighted by Crippen LogP contribution is -2.11. The minimum atomic E-state index is -0.138. The number of amides is 1. The van der Waals surface area contributed by atoms with Gasteiger partial charge in [-0.25, -0.2) is 0 Å². The Morgan fingerprint density at radius 3 is 3.00 bits per heavy atom. The Labute approximate surface area is 70.9 Å². The summed E-state index contributed by atoms with van der Waals surface area (Å²) in [6.45, 7) is 1.79. The highest BCUT2D eigenvalue weighted by Gasteiger charge is 1.99. The molecule has 0 radical (unpaired) electrons. The third-order valence-corrected chi connectivity index (χ3v) is 1.39. The van der Waals surface area contributed by atoms with Crippen molar-refractivity contribution < 1.29 is 4.79 Å². The van der Waals surface area contributed by atoms with Crippen molar-refractivity contribution in [2.45, 2.75) is 6.92 Å². The number of nitrogens with one attached hydrogen (secondary N) is 1. The molecule has 1 heterocycles. The number of hydrogen-bond acceptors (Lipinski definition) is 2. The van der Waals surface area contributed by atoms with E-state index in [-0.39, 0.29) is 5.91 Å². The number of anilines is 1. The molecule has 0 unspecified atom stereocenters. The van der Waals surface area contributed by atoms with Gasteiger partial charge in [0.25, 0.3) is 0 Å².